The molecule has 2 heterocycles. The van der Waals surface area contributed by atoms with Gasteiger partial charge in [-0.1, -0.05) is 13.0 Å². The minimum Gasteiger partial charge on any atom is -0.364 e. The minimum absolute atomic E-state index is 0. The smallest absolute Gasteiger partial charge is 0.251 e. The van der Waals surface area contributed by atoms with Crippen LogP contribution in [0.3, 0.4) is 0 Å². The van der Waals surface area contributed by atoms with E-state index in [2.05, 4.69) is 4.90 Å². The number of ether oxygens (including phenoxy) is 1. The monoisotopic (exact) mass is 439 g/mol. The molecule has 0 radical (unpaired) electrons. The Morgan fingerprint density at radius 3 is 2.43 bits per heavy atom. The summed E-state index contributed by atoms with van der Waals surface area (Å²) in [4.78, 5) is 16.6. The van der Waals surface area contributed by atoms with Gasteiger partial charge in [0.25, 0.3) is 5.91 Å². The second-order valence-corrected chi connectivity index (χ2v) is 7.01. The Morgan fingerprint density at radius 1 is 1.21 bits per heavy atom. The zero-order chi connectivity index (χ0) is 18.7. The fourth-order valence-electron chi connectivity index (χ4n) is 3.96. The van der Waals surface area contributed by atoms with Crippen LogP contribution in [0.1, 0.15) is 37.8 Å². The number of halogens is 4. The molecule has 0 saturated carbocycles. The molecule has 2 N–H and O–H groups in total. The number of benzene rings is 1. The summed E-state index contributed by atoms with van der Waals surface area (Å²) in [7, 11) is 0. The first-order valence-corrected chi connectivity index (χ1v) is 9.36. The van der Waals surface area contributed by atoms with Crippen molar-refractivity contribution in [3.8, 4) is 0 Å². The number of amides is 1. The molecule has 2 aliphatic rings. The summed E-state index contributed by atoms with van der Waals surface area (Å²) in [6.45, 7) is 4.93. The van der Waals surface area contributed by atoms with E-state index in [4.69, 9.17) is 10.5 Å². The van der Waals surface area contributed by atoms with E-state index in [1.807, 2.05) is 11.8 Å². The van der Waals surface area contributed by atoms with E-state index in [1.54, 1.807) is 0 Å². The molecule has 0 aliphatic carbocycles. The Kier molecular flexibility index (Phi) is 10.1. The molecule has 2 saturated heterocycles. The van der Waals surface area contributed by atoms with E-state index in [0.29, 0.717) is 38.3 Å². The molecule has 0 aromatic heterocycles. The zero-order valence-electron chi connectivity index (χ0n) is 16.0. The third kappa shape index (κ3) is 5.54. The van der Waals surface area contributed by atoms with Crippen molar-refractivity contribution in [2.24, 2.45) is 5.73 Å². The maximum absolute atomic E-state index is 14.2. The van der Waals surface area contributed by atoms with Crippen LogP contribution in [0.15, 0.2) is 18.2 Å². The first kappa shape index (κ1) is 25.0. The molecule has 1 aromatic rings. The maximum Gasteiger partial charge on any atom is 0.251 e. The van der Waals surface area contributed by atoms with Crippen LogP contribution in [0.25, 0.3) is 0 Å². The summed E-state index contributed by atoms with van der Waals surface area (Å²) in [6.07, 6.45) is 1.87. The molecule has 1 amide bonds. The molecule has 0 spiro atoms. The summed E-state index contributed by atoms with van der Waals surface area (Å²) < 4.78 is 33.0. The van der Waals surface area contributed by atoms with Crippen molar-refractivity contribution in [1.82, 2.24) is 9.80 Å². The number of carbonyl (C=O) groups excluding carboxylic acids is 1. The number of carbonyl (C=O) groups is 1. The molecular weight excluding hydrogens is 411 g/mol. The average molecular weight is 440 g/mol. The van der Waals surface area contributed by atoms with E-state index in [-0.39, 0.29) is 49.0 Å². The third-order valence-corrected chi connectivity index (χ3v) is 5.42. The quantitative estimate of drug-likeness (QED) is 0.765. The van der Waals surface area contributed by atoms with Gasteiger partial charge in [0.2, 0.25) is 0 Å². The number of hydrogen-bond donors (Lipinski definition) is 1. The first-order chi connectivity index (χ1) is 12.5. The highest BCUT2D eigenvalue weighted by Gasteiger charge is 2.35. The maximum atomic E-state index is 14.2. The van der Waals surface area contributed by atoms with Crippen LogP contribution in [0.4, 0.5) is 8.78 Å². The molecule has 2 aliphatic heterocycles. The van der Waals surface area contributed by atoms with Crippen molar-refractivity contribution in [2.75, 3.05) is 32.7 Å². The predicted molar refractivity (Wildman–Crippen MR) is 109 cm³/mol. The Labute approximate surface area is 177 Å². The number of nitrogens with zero attached hydrogens (tertiary/aromatic N) is 2. The molecule has 9 heteroatoms. The molecule has 5 nitrogen and oxygen atoms in total. The van der Waals surface area contributed by atoms with Gasteiger partial charge in [0.1, 0.15) is 17.7 Å². The normalized spacial score (nSPS) is 23.6. The van der Waals surface area contributed by atoms with Crippen LogP contribution in [0.5, 0.6) is 0 Å². The lowest BCUT2D eigenvalue weighted by Gasteiger charge is -2.40. The lowest BCUT2D eigenvalue weighted by molar-refractivity contribution is -0.144. The molecule has 2 fully saturated rings. The molecule has 28 heavy (non-hydrogen) atoms. The van der Waals surface area contributed by atoms with E-state index >= 15 is 0 Å². The predicted octanol–water partition coefficient (Wildman–Crippen LogP) is 2.91. The van der Waals surface area contributed by atoms with Crippen LogP contribution in [0.2, 0.25) is 0 Å². The lowest BCUT2D eigenvalue weighted by Crippen LogP contribution is -2.52. The van der Waals surface area contributed by atoms with Crippen molar-refractivity contribution in [3.05, 3.63) is 35.4 Å². The number of hydrogen-bond acceptors (Lipinski definition) is 4. The van der Waals surface area contributed by atoms with Gasteiger partial charge in [-0.3, -0.25) is 9.69 Å². The molecular formula is C19H29Cl2F2N3O2. The van der Waals surface area contributed by atoms with Gasteiger partial charge in [0, 0.05) is 50.4 Å². The lowest BCUT2D eigenvalue weighted by atomic mass is 10.0. The zero-order valence-corrected chi connectivity index (χ0v) is 17.6. The van der Waals surface area contributed by atoms with Gasteiger partial charge < -0.3 is 15.4 Å². The molecule has 3 rings (SSSR count). The van der Waals surface area contributed by atoms with Crippen LogP contribution in [0, 0.1) is 11.6 Å². The second-order valence-electron chi connectivity index (χ2n) is 7.01. The van der Waals surface area contributed by atoms with Crippen molar-refractivity contribution in [1.29, 1.82) is 0 Å². The van der Waals surface area contributed by atoms with Gasteiger partial charge >= 0.3 is 0 Å². The van der Waals surface area contributed by atoms with Crippen molar-refractivity contribution in [3.63, 3.8) is 0 Å². The van der Waals surface area contributed by atoms with E-state index in [1.165, 1.54) is 12.1 Å². The Morgan fingerprint density at radius 2 is 1.89 bits per heavy atom. The van der Waals surface area contributed by atoms with Gasteiger partial charge in [0.15, 0.2) is 0 Å². The Bertz CT molecular complexity index is 646. The van der Waals surface area contributed by atoms with Crippen LogP contribution in [-0.2, 0) is 9.53 Å². The molecule has 3 atom stereocenters. The van der Waals surface area contributed by atoms with Gasteiger partial charge in [-0.25, -0.2) is 8.78 Å². The molecule has 0 bridgehead atoms. The average Bonchev–Trinajstić information content (AvgIpc) is 3.13. The van der Waals surface area contributed by atoms with E-state index in [0.717, 1.165) is 25.3 Å². The Hall–Kier alpha value is -0.990. The highest BCUT2D eigenvalue weighted by molar-refractivity contribution is 5.85. The van der Waals surface area contributed by atoms with Crippen LogP contribution in [-0.4, -0.2) is 60.6 Å². The number of nitrogens with two attached hydrogens (primary N) is 1. The number of piperazine rings is 1. The summed E-state index contributed by atoms with van der Waals surface area (Å²) in [5.41, 5.74) is 6.12. The third-order valence-electron chi connectivity index (χ3n) is 5.42. The van der Waals surface area contributed by atoms with Gasteiger partial charge in [-0.05, 0) is 25.3 Å². The van der Waals surface area contributed by atoms with Crippen LogP contribution < -0.4 is 5.73 Å². The largest absolute Gasteiger partial charge is 0.364 e. The van der Waals surface area contributed by atoms with Gasteiger partial charge in [-0.2, -0.15) is 0 Å². The molecule has 1 aromatic carbocycles. The van der Waals surface area contributed by atoms with Crippen molar-refractivity contribution < 1.29 is 18.3 Å². The van der Waals surface area contributed by atoms with Gasteiger partial charge in [0.05, 0.1) is 6.10 Å². The second kappa shape index (κ2) is 11.3. The van der Waals surface area contributed by atoms with E-state index < -0.39 is 11.6 Å². The summed E-state index contributed by atoms with van der Waals surface area (Å²) in [5.74, 6) is -1.05. The summed E-state index contributed by atoms with van der Waals surface area (Å²) in [5, 5.41) is 0. The van der Waals surface area contributed by atoms with Gasteiger partial charge in [-0.15, -0.1) is 24.8 Å². The van der Waals surface area contributed by atoms with Crippen molar-refractivity contribution >= 4 is 30.7 Å². The standard InChI is InChI=1S/C19H27F2N3O2.2ClH/c1-2-17(15-5-3-13(20)11-16(15)21)23-7-9-24(10-8-23)19(25)18-6-4-14(12-22)26-18;;/h3,5,11,14,17-18H,2,4,6-10,12,22H2,1H3;2*1H/t14-,17?,18+;;/m1../s1. The SMILES string of the molecule is CCC(c1ccc(F)cc1F)N1CCN(C(=O)[C@@H]2CC[C@H](CN)O2)CC1.Cl.Cl. The summed E-state index contributed by atoms with van der Waals surface area (Å²) in [6, 6.07) is 3.64. The fourth-order valence-corrected chi connectivity index (χ4v) is 3.96. The molecule has 1 unspecified atom stereocenters. The summed E-state index contributed by atoms with van der Waals surface area (Å²) >= 11 is 0. The molecule has 160 valence electrons. The van der Waals surface area contributed by atoms with Crippen LogP contribution >= 0.6 is 24.8 Å². The first-order valence-electron chi connectivity index (χ1n) is 9.36. The fraction of sp³-hybridized carbons (Fsp3) is 0.632. The topological polar surface area (TPSA) is 58.8 Å². The van der Waals surface area contributed by atoms with E-state index in [9.17, 15) is 13.6 Å². The minimum atomic E-state index is -0.566. The highest BCUT2D eigenvalue weighted by atomic mass is 35.5. The number of rotatable bonds is 5. The highest BCUT2D eigenvalue weighted by Crippen LogP contribution is 2.28. The Balaban J connectivity index is 0.00000196. The van der Waals surface area contributed by atoms with Crippen molar-refractivity contribution in [2.45, 2.75) is 44.4 Å².